The summed E-state index contributed by atoms with van der Waals surface area (Å²) in [5.74, 6) is 0.00277. The van der Waals surface area contributed by atoms with Crippen molar-refractivity contribution in [2.24, 2.45) is 5.92 Å². The second-order valence-electron chi connectivity index (χ2n) is 5.91. The summed E-state index contributed by atoms with van der Waals surface area (Å²) in [6.45, 7) is 9.74. The Morgan fingerprint density at radius 3 is 2.52 bits per heavy atom. The van der Waals surface area contributed by atoms with Crippen molar-refractivity contribution in [1.29, 1.82) is 0 Å². The Bertz CT molecular complexity index is 541. The van der Waals surface area contributed by atoms with Gasteiger partial charge < -0.3 is 10.2 Å². The third-order valence-electron chi connectivity index (χ3n) is 3.89. The minimum atomic E-state index is -0.431. The number of aryl methyl sites for hydroxylation is 1. The molecule has 116 valence electrons. The lowest BCUT2D eigenvalue weighted by Gasteiger charge is -2.43. The number of hydrogen-bond donors (Lipinski definition) is 1. The molecular weight excluding hydrogens is 286 g/mol. The number of aromatic nitrogens is 1. The van der Waals surface area contributed by atoms with E-state index in [9.17, 15) is 9.59 Å². The quantitative estimate of drug-likeness (QED) is 0.928. The van der Waals surface area contributed by atoms with Crippen molar-refractivity contribution in [2.45, 2.75) is 59.2 Å². The summed E-state index contributed by atoms with van der Waals surface area (Å²) in [7, 11) is 0. The van der Waals surface area contributed by atoms with Crippen LogP contribution in [0.5, 0.6) is 0 Å². The number of piperazine rings is 1. The number of hydrogen-bond acceptors (Lipinski definition) is 4. The van der Waals surface area contributed by atoms with E-state index < -0.39 is 12.1 Å². The predicted molar refractivity (Wildman–Crippen MR) is 83.0 cm³/mol. The van der Waals surface area contributed by atoms with Gasteiger partial charge in [0.2, 0.25) is 11.8 Å². The van der Waals surface area contributed by atoms with Crippen molar-refractivity contribution in [1.82, 2.24) is 15.2 Å². The first-order valence-electron chi connectivity index (χ1n) is 7.41. The Balaban J connectivity index is 2.38. The summed E-state index contributed by atoms with van der Waals surface area (Å²) in [4.78, 5) is 31.3. The molecule has 0 spiro atoms. The Hall–Kier alpha value is -1.43. The van der Waals surface area contributed by atoms with Crippen LogP contribution in [0.3, 0.4) is 0 Å². The first-order chi connectivity index (χ1) is 9.86. The normalized spacial score (nSPS) is 24.4. The van der Waals surface area contributed by atoms with Gasteiger partial charge in [-0.05, 0) is 26.2 Å². The van der Waals surface area contributed by atoms with Crippen molar-refractivity contribution in [3.63, 3.8) is 0 Å². The molecule has 0 saturated carbocycles. The lowest BCUT2D eigenvalue weighted by molar-refractivity contribution is -0.154. The molecule has 1 aromatic rings. The average molecular weight is 309 g/mol. The molecule has 0 radical (unpaired) electrons. The van der Waals surface area contributed by atoms with Crippen LogP contribution in [0.4, 0.5) is 0 Å². The summed E-state index contributed by atoms with van der Waals surface area (Å²) in [5, 5.41) is 5.70. The van der Waals surface area contributed by atoms with Crippen molar-refractivity contribution < 1.29 is 9.59 Å². The van der Waals surface area contributed by atoms with Crippen molar-refractivity contribution in [3.8, 4) is 0 Å². The SMILES string of the molecule is CCC1NC(=O)C(C(C)C)N(C(C)c2nc(C)cs2)C1=O. The Morgan fingerprint density at radius 1 is 1.38 bits per heavy atom. The Labute approximate surface area is 129 Å². The molecule has 2 rings (SSSR count). The number of carbonyl (C=O) groups excluding carboxylic acids is 2. The molecular formula is C15H23N3O2S. The van der Waals surface area contributed by atoms with E-state index in [1.807, 2.05) is 40.0 Å². The number of amides is 2. The number of carbonyl (C=O) groups is 2. The molecule has 0 aliphatic carbocycles. The van der Waals surface area contributed by atoms with E-state index in [1.165, 1.54) is 0 Å². The molecule has 0 aromatic carbocycles. The van der Waals surface area contributed by atoms with Gasteiger partial charge >= 0.3 is 0 Å². The molecule has 1 aliphatic rings. The van der Waals surface area contributed by atoms with Crippen LogP contribution in [0.25, 0.3) is 0 Å². The molecule has 6 heteroatoms. The standard InChI is InChI=1S/C15H23N3O2S/c1-6-11-15(20)18(12(8(2)3)13(19)17-11)10(5)14-16-9(4)7-21-14/h7-8,10-12H,6H2,1-5H3,(H,17,19). The highest BCUT2D eigenvalue weighted by Gasteiger charge is 2.44. The zero-order valence-corrected chi connectivity index (χ0v) is 14.0. The third kappa shape index (κ3) is 2.95. The third-order valence-corrected chi connectivity index (χ3v) is 5.02. The first kappa shape index (κ1) is 15.9. The second-order valence-corrected chi connectivity index (χ2v) is 6.80. The maximum atomic E-state index is 12.7. The largest absolute Gasteiger partial charge is 0.343 e. The van der Waals surface area contributed by atoms with Gasteiger partial charge in [-0.3, -0.25) is 9.59 Å². The molecule has 1 aliphatic heterocycles. The minimum Gasteiger partial charge on any atom is -0.343 e. The van der Waals surface area contributed by atoms with E-state index in [4.69, 9.17) is 0 Å². The highest BCUT2D eigenvalue weighted by molar-refractivity contribution is 7.09. The van der Waals surface area contributed by atoms with Gasteiger partial charge in [0.05, 0.1) is 6.04 Å². The highest BCUT2D eigenvalue weighted by Crippen LogP contribution is 2.31. The van der Waals surface area contributed by atoms with E-state index in [2.05, 4.69) is 10.3 Å². The zero-order valence-electron chi connectivity index (χ0n) is 13.2. The van der Waals surface area contributed by atoms with Crippen molar-refractivity contribution in [2.75, 3.05) is 0 Å². The lowest BCUT2D eigenvalue weighted by atomic mass is 9.94. The minimum absolute atomic E-state index is 0.00356. The first-order valence-corrected chi connectivity index (χ1v) is 8.29. The Morgan fingerprint density at radius 2 is 2.05 bits per heavy atom. The van der Waals surface area contributed by atoms with Crippen LogP contribution in [-0.2, 0) is 9.59 Å². The smallest absolute Gasteiger partial charge is 0.246 e. The maximum absolute atomic E-state index is 12.7. The van der Waals surface area contributed by atoms with Gasteiger partial charge in [-0.15, -0.1) is 11.3 Å². The molecule has 1 saturated heterocycles. The summed E-state index contributed by atoms with van der Waals surface area (Å²) >= 11 is 1.54. The fourth-order valence-corrected chi connectivity index (χ4v) is 3.63. The average Bonchev–Trinajstić information content (AvgIpc) is 2.85. The van der Waals surface area contributed by atoms with E-state index in [0.717, 1.165) is 10.7 Å². The van der Waals surface area contributed by atoms with Gasteiger partial charge in [-0.25, -0.2) is 4.98 Å². The topological polar surface area (TPSA) is 62.3 Å². The van der Waals surface area contributed by atoms with Crippen LogP contribution in [0.2, 0.25) is 0 Å². The highest BCUT2D eigenvalue weighted by atomic mass is 32.1. The lowest BCUT2D eigenvalue weighted by Crippen LogP contribution is -2.64. The van der Waals surface area contributed by atoms with Crippen LogP contribution < -0.4 is 5.32 Å². The van der Waals surface area contributed by atoms with Crippen LogP contribution in [0, 0.1) is 12.8 Å². The van der Waals surface area contributed by atoms with Crippen LogP contribution in [0.1, 0.15) is 50.9 Å². The molecule has 3 atom stereocenters. The molecule has 3 unspecified atom stereocenters. The molecule has 21 heavy (non-hydrogen) atoms. The number of rotatable bonds is 4. The van der Waals surface area contributed by atoms with E-state index in [0.29, 0.717) is 6.42 Å². The van der Waals surface area contributed by atoms with Crippen molar-refractivity contribution in [3.05, 3.63) is 16.1 Å². The van der Waals surface area contributed by atoms with Gasteiger partial charge in [0, 0.05) is 11.1 Å². The van der Waals surface area contributed by atoms with Gasteiger partial charge in [0.1, 0.15) is 17.1 Å². The maximum Gasteiger partial charge on any atom is 0.246 e. The molecule has 1 N–H and O–H groups in total. The molecule has 1 fully saturated rings. The summed E-state index contributed by atoms with van der Waals surface area (Å²) in [5.41, 5.74) is 0.948. The molecule has 1 aromatic heterocycles. The predicted octanol–water partition coefficient (Wildman–Crippen LogP) is 2.27. The fraction of sp³-hybridized carbons (Fsp3) is 0.667. The van der Waals surface area contributed by atoms with Crippen molar-refractivity contribution >= 4 is 23.2 Å². The van der Waals surface area contributed by atoms with E-state index in [1.54, 1.807) is 16.2 Å². The molecule has 0 bridgehead atoms. The zero-order chi connectivity index (χ0) is 15.7. The number of nitrogens with zero attached hydrogens (tertiary/aromatic N) is 2. The van der Waals surface area contributed by atoms with E-state index in [-0.39, 0.29) is 23.8 Å². The van der Waals surface area contributed by atoms with Crippen LogP contribution in [-0.4, -0.2) is 33.8 Å². The summed E-state index contributed by atoms with van der Waals surface area (Å²) in [6.07, 6.45) is 0.607. The monoisotopic (exact) mass is 309 g/mol. The second kappa shape index (κ2) is 6.13. The van der Waals surface area contributed by atoms with Crippen LogP contribution >= 0.6 is 11.3 Å². The number of nitrogens with one attached hydrogen (secondary N) is 1. The van der Waals surface area contributed by atoms with Crippen LogP contribution in [0.15, 0.2) is 5.38 Å². The fourth-order valence-electron chi connectivity index (χ4n) is 2.78. The number of thiazole rings is 1. The van der Waals surface area contributed by atoms with Gasteiger partial charge in [-0.2, -0.15) is 0 Å². The molecule has 2 amide bonds. The van der Waals surface area contributed by atoms with Gasteiger partial charge in [0.15, 0.2) is 0 Å². The van der Waals surface area contributed by atoms with Gasteiger partial charge in [-0.1, -0.05) is 20.8 Å². The molecule has 5 nitrogen and oxygen atoms in total. The Kier molecular flexibility index (Phi) is 4.66. The summed E-state index contributed by atoms with van der Waals surface area (Å²) in [6, 6.07) is -1.03. The van der Waals surface area contributed by atoms with E-state index >= 15 is 0 Å². The van der Waals surface area contributed by atoms with Gasteiger partial charge in [0.25, 0.3) is 0 Å². The molecule has 2 heterocycles. The summed E-state index contributed by atoms with van der Waals surface area (Å²) < 4.78 is 0.